The van der Waals surface area contributed by atoms with Crippen LogP contribution in [0, 0.1) is 13.8 Å². The van der Waals surface area contributed by atoms with Gasteiger partial charge in [-0.25, -0.2) is 10.9 Å². The summed E-state index contributed by atoms with van der Waals surface area (Å²) in [6, 6.07) is 15.5. The van der Waals surface area contributed by atoms with Crippen molar-refractivity contribution in [1.82, 2.24) is 10.9 Å². The number of carbonyl (C=O) groups is 2. The van der Waals surface area contributed by atoms with Crippen molar-refractivity contribution in [1.29, 1.82) is 0 Å². The third-order valence-corrected chi connectivity index (χ3v) is 3.97. The zero-order valence-electron chi connectivity index (χ0n) is 15.6. The van der Waals surface area contributed by atoms with E-state index >= 15 is 0 Å². The van der Waals surface area contributed by atoms with Gasteiger partial charge >= 0.3 is 0 Å². The molecule has 2 amide bonds. The van der Waals surface area contributed by atoms with E-state index in [0.29, 0.717) is 6.42 Å². The number of nitrogens with zero attached hydrogens (tertiary/aromatic N) is 2. The monoisotopic (exact) mass is 364 g/mol. The molecule has 0 aliphatic carbocycles. The normalized spacial score (nSPS) is 11.0. The van der Waals surface area contributed by atoms with Crippen LogP contribution in [0.5, 0.6) is 0 Å². The van der Waals surface area contributed by atoms with E-state index in [4.69, 9.17) is 0 Å². The number of hydrogen-bond acceptors (Lipinski definition) is 4. The summed E-state index contributed by atoms with van der Waals surface area (Å²) < 4.78 is 0. The lowest BCUT2D eigenvalue weighted by Gasteiger charge is -2.02. The molecule has 0 saturated heterocycles. The van der Waals surface area contributed by atoms with Gasteiger partial charge in [0, 0.05) is 12.8 Å². The van der Waals surface area contributed by atoms with E-state index in [0.717, 1.165) is 22.3 Å². The largest absolute Gasteiger partial charge is 0.273 e. The summed E-state index contributed by atoms with van der Waals surface area (Å²) in [5, 5.41) is 7.89. The van der Waals surface area contributed by atoms with Crippen molar-refractivity contribution in [2.24, 2.45) is 10.2 Å². The first-order valence-corrected chi connectivity index (χ1v) is 8.81. The minimum absolute atomic E-state index is 0.222. The smallest absolute Gasteiger partial charge is 0.240 e. The van der Waals surface area contributed by atoms with Gasteiger partial charge in [-0.3, -0.25) is 9.59 Å². The molecule has 6 heteroatoms. The zero-order valence-corrected chi connectivity index (χ0v) is 15.6. The van der Waals surface area contributed by atoms with Gasteiger partial charge in [0.05, 0.1) is 12.4 Å². The highest BCUT2D eigenvalue weighted by atomic mass is 16.2. The van der Waals surface area contributed by atoms with Crippen LogP contribution in [0.25, 0.3) is 0 Å². The fourth-order valence-corrected chi connectivity index (χ4v) is 2.33. The second-order valence-corrected chi connectivity index (χ2v) is 6.15. The molecule has 0 fully saturated rings. The van der Waals surface area contributed by atoms with E-state index in [9.17, 15) is 9.59 Å². The molecule has 2 N–H and O–H groups in total. The molecule has 0 radical (unpaired) electrons. The Bertz CT molecular complexity index is 774. The van der Waals surface area contributed by atoms with Crippen molar-refractivity contribution in [2.75, 3.05) is 0 Å². The summed E-state index contributed by atoms with van der Waals surface area (Å²) in [6.45, 7) is 3.95. The van der Waals surface area contributed by atoms with E-state index < -0.39 is 0 Å². The van der Waals surface area contributed by atoms with Gasteiger partial charge in [0.25, 0.3) is 0 Å². The van der Waals surface area contributed by atoms with E-state index in [1.54, 1.807) is 12.4 Å². The molecule has 0 saturated carbocycles. The molecule has 0 heterocycles. The van der Waals surface area contributed by atoms with E-state index in [1.165, 1.54) is 0 Å². The maximum atomic E-state index is 11.8. The van der Waals surface area contributed by atoms with Crippen molar-refractivity contribution < 1.29 is 9.59 Å². The highest BCUT2D eigenvalue weighted by Crippen LogP contribution is 2.04. The number of aryl methyl sites for hydroxylation is 2. The fraction of sp³-hybridized carbons (Fsp3) is 0.238. The first-order valence-electron chi connectivity index (χ1n) is 8.81. The maximum absolute atomic E-state index is 11.8. The summed E-state index contributed by atoms with van der Waals surface area (Å²) >= 11 is 0. The van der Waals surface area contributed by atoms with E-state index in [-0.39, 0.29) is 24.7 Å². The number of hydrogen-bond donors (Lipinski definition) is 2. The number of benzene rings is 2. The number of rotatable bonds is 8. The number of nitrogens with one attached hydrogen (secondary N) is 2. The SMILES string of the molecule is Cc1ccccc1/C=N\NC(=O)CCCC(=O)N/N=C\c1ccccc1C. The number of carbonyl (C=O) groups excluding carboxylic acids is 2. The summed E-state index contributed by atoms with van der Waals surface area (Å²) in [4.78, 5) is 23.5. The van der Waals surface area contributed by atoms with Crippen LogP contribution >= 0.6 is 0 Å². The van der Waals surface area contributed by atoms with Crippen LogP contribution in [-0.2, 0) is 9.59 Å². The third-order valence-electron chi connectivity index (χ3n) is 3.97. The molecule has 0 unspecified atom stereocenters. The van der Waals surface area contributed by atoms with Crippen molar-refractivity contribution in [2.45, 2.75) is 33.1 Å². The minimum atomic E-state index is -0.226. The lowest BCUT2D eigenvalue weighted by Crippen LogP contribution is -2.20. The highest BCUT2D eigenvalue weighted by molar-refractivity contribution is 5.85. The predicted octanol–water partition coefficient (Wildman–Crippen LogP) is 3.07. The summed E-state index contributed by atoms with van der Waals surface area (Å²) in [5.74, 6) is -0.452. The molecule has 0 spiro atoms. The Kier molecular flexibility index (Phi) is 7.91. The van der Waals surface area contributed by atoms with Crippen LogP contribution < -0.4 is 10.9 Å². The molecule has 0 aliphatic rings. The lowest BCUT2D eigenvalue weighted by molar-refractivity contribution is -0.122. The van der Waals surface area contributed by atoms with Crippen molar-refractivity contribution in [3.63, 3.8) is 0 Å². The maximum Gasteiger partial charge on any atom is 0.240 e. The van der Waals surface area contributed by atoms with Crippen LogP contribution in [-0.4, -0.2) is 24.2 Å². The molecule has 6 nitrogen and oxygen atoms in total. The molecule has 0 aliphatic heterocycles. The van der Waals surface area contributed by atoms with Crippen LogP contribution in [0.15, 0.2) is 58.7 Å². The second kappa shape index (κ2) is 10.7. The molecule has 2 aromatic carbocycles. The van der Waals surface area contributed by atoms with Gasteiger partial charge in [-0.15, -0.1) is 0 Å². The quantitative estimate of drug-likeness (QED) is 0.557. The van der Waals surface area contributed by atoms with Crippen LogP contribution in [0.2, 0.25) is 0 Å². The molecule has 2 rings (SSSR count). The zero-order chi connectivity index (χ0) is 19.5. The van der Waals surface area contributed by atoms with E-state index in [1.807, 2.05) is 62.4 Å². The Morgan fingerprint density at radius 1 is 0.778 bits per heavy atom. The van der Waals surface area contributed by atoms with Gasteiger partial charge in [-0.05, 0) is 42.5 Å². The third kappa shape index (κ3) is 7.23. The molecule has 140 valence electrons. The Balaban J connectivity index is 1.65. The van der Waals surface area contributed by atoms with E-state index in [2.05, 4.69) is 21.1 Å². The first kappa shape index (κ1) is 20.0. The van der Waals surface area contributed by atoms with Gasteiger partial charge in [-0.1, -0.05) is 48.5 Å². The molecular weight excluding hydrogens is 340 g/mol. The molecule has 27 heavy (non-hydrogen) atoms. The Morgan fingerprint density at radius 2 is 1.19 bits per heavy atom. The standard InChI is InChI=1S/C21H24N4O2/c1-16-8-3-5-10-18(16)14-22-24-20(26)12-7-13-21(27)25-23-15-19-11-6-4-9-17(19)2/h3-6,8-11,14-15H,7,12-13H2,1-2H3,(H,24,26)(H,25,27)/b22-14-,23-15-. The summed E-state index contributed by atoms with van der Waals surface area (Å²) in [7, 11) is 0. The van der Waals surface area contributed by atoms with Gasteiger partial charge < -0.3 is 0 Å². The first-order chi connectivity index (χ1) is 13.1. The van der Waals surface area contributed by atoms with Crippen molar-refractivity contribution in [3.05, 3.63) is 70.8 Å². The van der Waals surface area contributed by atoms with Crippen LogP contribution in [0.4, 0.5) is 0 Å². The molecular formula is C21H24N4O2. The minimum Gasteiger partial charge on any atom is -0.273 e. The van der Waals surface area contributed by atoms with Crippen molar-refractivity contribution in [3.8, 4) is 0 Å². The van der Waals surface area contributed by atoms with Gasteiger partial charge in [0.2, 0.25) is 11.8 Å². The fourth-order valence-electron chi connectivity index (χ4n) is 2.33. The lowest BCUT2D eigenvalue weighted by atomic mass is 10.1. The molecule has 0 atom stereocenters. The Morgan fingerprint density at radius 3 is 1.59 bits per heavy atom. The van der Waals surface area contributed by atoms with Crippen LogP contribution in [0.3, 0.4) is 0 Å². The Hall–Kier alpha value is -3.28. The van der Waals surface area contributed by atoms with Crippen LogP contribution in [0.1, 0.15) is 41.5 Å². The highest BCUT2D eigenvalue weighted by Gasteiger charge is 2.04. The van der Waals surface area contributed by atoms with Gasteiger partial charge in [-0.2, -0.15) is 10.2 Å². The Labute approximate surface area is 159 Å². The number of hydrazone groups is 2. The topological polar surface area (TPSA) is 82.9 Å². The van der Waals surface area contributed by atoms with Gasteiger partial charge in [0.15, 0.2) is 0 Å². The van der Waals surface area contributed by atoms with Crippen molar-refractivity contribution >= 4 is 24.2 Å². The average molecular weight is 364 g/mol. The summed E-state index contributed by atoms with van der Waals surface area (Å²) in [5.41, 5.74) is 9.00. The molecule has 2 aromatic rings. The summed E-state index contributed by atoms with van der Waals surface area (Å²) in [6.07, 6.45) is 4.10. The van der Waals surface area contributed by atoms with Gasteiger partial charge in [0.1, 0.15) is 0 Å². The second-order valence-electron chi connectivity index (χ2n) is 6.15. The predicted molar refractivity (Wildman–Crippen MR) is 108 cm³/mol. The average Bonchev–Trinajstić information content (AvgIpc) is 2.65. The molecule has 0 aromatic heterocycles. The molecule has 0 bridgehead atoms. The number of amides is 2.